The van der Waals surface area contributed by atoms with Crippen molar-refractivity contribution >= 4 is 18.2 Å². The molecule has 0 bridgehead atoms. The summed E-state index contributed by atoms with van der Waals surface area (Å²) in [5, 5.41) is 39.2. The van der Waals surface area contributed by atoms with E-state index in [-0.39, 0.29) is 23.6 Å². The smallest absolute Gasteiger partial charge is 0.351 e. The Kier molecular flexibility index (Phi) is 5.78. The normalized spacial score (nSPS) is 18.8. The molecule has 1 aliphatic rings. The van der Waals surface area contributed by atoms with E-state index in [2.05, 4.69) is 10.3 Å². The highest BCUT2D eigenvalue weighted by atomic mass is 16.4. The fourth-order valence-electron chi connectivity index (χ4n) is 2.29. The van der Waals surface area contributed by atoms with Crippen molar-refractivity contribution in [1.29, 1.82) is 0 Å². The first kappa shape index (κ1) is 18.1. The zero-order valence-electron chi connectivity index (χ0n) is 13.2. The summed E-state index contributed by atoms with van der Waals surface area (Å²) in [4.78, 5) is 26.3. The summed E-state index contributed by atoms with van der Waals surface area (Å²) in [6, 6.07) is 3.54. The number of rotatable bonds is 6. The highest BCUT2D eigenvalue weighted by Crippen LogP contribution is 2.25. The number of hydrogen-bond donors (Lipinski definition) is 5. The maximum Gasteiger partial charge on any atom is 0.351 e. The summed E-state index contributed by atoms with van der Waals surface area (Å²) in [5.41, 5.74) is 1.19. The van der Waals surface area contributed by atoms with Crippen LogP contribution in [0.2, 0.25) is 0 Å². The average Bonchev–Trinajstić information content (AvgIpc) is 2.57. The van der Waals surface area contributed by atoms with Crippen molar-refractivity contribution in [3.63, 3.8) is 0 Å². The van der Waals surface area contributed by atoms with E-state index in [0.717, 1.165) is 5.56 Å². The molecule has 2 rings (SSSR count). The number of carboxylic acids is 2. The predicted molar refractivity (Wildman–Crippen MR) is 89.8 cm³/mol. The molecule has 0 radical (unpaired) electrons. The molecular weight excluding hydrogens is 328 g/mol. The molecule has 0 amide bonds. The fourth-order valence-corrected chi connectivity index (χ4v) is 2.29. The molecule has 1 heterocycles. The first-order valence-electron chi connectivity index (χ1n) is 7.51. The zero-order chi connectivity index (χ0) is 18.4. The van der Waals surface area contributed by atoms with Gasteiger partial charge >= 0.3 is 11.9 Å². The molecule has 25 heavy (non-hydrogen) atoms. The molecule has 0 aromatic heterocycles. The Morgan fingerprint density at radius 2 is 2.00 bits per heavy atom. The number of aliphatic carboxylic acids is 2. The van der Waals surface area contributed by atoms with E-state index < -0.39 is 18.0 Å². The molecule has 5 N–H and O–H groups in total. The lowest BCUT2D eigenvalue weighted by atomic mass is 10.00. The number of hydrogen-bond acceptors (Lipinski definition) is 6. The number of allylic oxidation sites excluding steroid dienone is 2. The molecule has 132 valence electrons. The van der Waals surface area contributed by atoms with E-state index in [1.165, 1.54) is 24.4 Å². The number of benzene rings is 1. The van der Waals surface area contributed by atoms with Crippen molar-refractivity contribution in [2.45, 2.75) is 18.9 Å². The van der Waals surface area contributed by atoms with Gasteiger partial charge < -0.3 is 25.7 Å². The van der Waals surface area contributed by atoms with Crippen LogP contribution in [0.5, 0.6) is 11.5 Å². The van der Waals surface area contributed by atoms with Crippen molar-refractivity contribution < 1.29 is 30.0 Å². The molecule has 0 aliphatic carbocycles. The van der Waals surface area contributed by atoms with Gasteiger partial charge in [-0.3, -0.25) is 4.99 Å². The van der Waals surface area contributed by atoms with Gasteiger partial charge in [0.05, 0.1) is 0 Å². The van der Waals surface area contributed by atoms with Crippen molar-refractivity contribution in [3.8, 4) is 11.5 Å². The second-order valence-electron chi connectivity index (χ2n) is 5.47. The van der Waals surface area contributed by atoms with Gasteiger partial charge in [0.2, 0.25) is 0 Å². The Labute approximate surface area is 143 Å². The van der Waals surface area contributed by atoms with Gasteiger partial charge in [0.15, 0.2) is 11.5 Å². The third-order valence-corrected chi connectivity index (χ3v) is 3.59. The number of aliphatic imine (C=N–C) groups is 1. The number of phenols is 2. The lowest BCUT2D eigenvalue weighted by molar-refractivity contribution is -0.139. The van der Waals surface area contributed by atoms with Crippen LogP contribution >= 0.6 is 0 Å². The van der Waals surface area contributed by atoms with Crippen molar-refractivity contribution in [2.75, 3.05) is 6.54 Å². The third-order valence-electron chi connectivity index (χ3n) is 3.59. The van der Waals surface area contributed by atoms with Crippen LogP contribution in [0.1, 0.15) is 12.0 Å². The quantitative estimate of drug-likeness (QED) is 0.383. The Hall–Kier alpha value is -3.29. The van der Waals surface area contributed by atoms with Crippen LogP contribution in [0.25, 0.3) is 0 Å². The second-order valence-corrected chi connectivity index (χ2v) is 5.47. The van der Waals surface area contributed by atoms with Gasteiger partial charge in [0.1, 0.15) is 11.7 Å². The second kappa shape index (κ2) is 8.00. The predicted octanol–water partition coefficient (Wildman–Crippen LogP) is 1.05. The molecule has 0 spiro atoms. The van der Waals surface area contributed by atoms with E-state index in [1.807, 2.05) is 0 Å². The summed E-state index contributed by atoms with van der Waals surface area (Å²) in [6.07, 6.45) is 5.16. The number of phenolic OH excluding ortho intramolecular Hbond substituents is 2. The first-order valence-corrected chi connectivity index (χ1v) is 7.51. The van der Waals surface area contributed by atoms with Crippen LogP contribution in [0.15, 0.2) is 46.6 Å². The Morgan fingerprint density at radius 1 is 1.24 bits per heavy atom. The topological polar surface area (TPSA) is 139 Å². The Morgan fingerprint density at radius 3 is 2.64 bits per heavy atom. The summed E-state index contributed by atoms with van der Waals surface area (Å²) >= 11 is 0. The minimum atomic E-state index is -1.22. The number of carbonyl (C=O) groups is 2. The van der Waals surface area contributed by atoms with E-state index >= 15 is 0 Å². The maximum atomic E-state index is 11.1. The molecular formula is C17H18N2O6. The van der Waals surface area contributed by atoms with Gasteiger partial charge in [-0.2, -0.15) is 0 Å². The van der Waals surface area contributed by atoms with Crippen LogP contribution in [0, 0.1) is 0 Å². The highest BCUT2D eigenvalue weighted by molar-refractivity contribution is 5.89. The van der Waals surface area contributed by atoms with Crippen LogP contribution in [-0.2, 0) is 16.0 Å². The molecule has 0 fully saturated rings. The van der Waals surface area contributed by atoms with Gasteiger partial charge in [-0.15, -0.1) is 0 Å². The SMILES string of the molecule is O=C(O)C1=C/C(=C/C=NCCc2ccc(O)c(O)c2)C[C@@H](C(=O)O)N1. The average molecular weight is 346 g/mol. The largest absolute Gasteiger partial charge is 0.504 e. The van der Waals surface area contributed by atoms with E-state index in [0.29, 0.717) is 18.5 Å². The van der Waals surface area contributed by atoms with Gasteiger partial charge in [-0.1, -0.05) is 6.07 Å². The lowest BCUT2D eigenvalue weighted by Crippen LogP contribution is -2.41. The van der Waals surface area contributed by atoms with Gasteiger partial charge in [0.25, 0.3) is 0 Å². The molecule has 1 aliphatic heterocycles. The van der Waals surface area contributed by atoms with Crippen LogP contribution < -0.4 is 5.32 Å². The minimum absolute atomic E-state index is 0.157. The molecule has 1 aromatic carbocycles. The summed E-state index contributed by atoms with van der Waals surface area (Å²) < 4.78 is 0. The standard InChI is InChI=1S/C17H18N2O6/c20-14-2-1-10(9-15(14)21)3-5-18-6-4-11-7-12(16(22)23)19-13(8-11)17(24)25/h1-2,4,6-7,9,13,19-21H,3,5,8H2,(H,22,23)(H,24,25)/b11-4-,18-6?/t13-/m0/s1. The molecule has 0 saturated carbocycles. The fraction of sp³-hybridized carbons (Fsp3) is 0.235. The van der Waals surface area contributed by atoms with Crippen LogP contribution in [0.4, 0.5) is 0 Å². The number of aromatic hydroxyl groups is 2. The summed E-state index contributed by atoms with van der Waals surface area (Å²) in [7, 11) is 0. The lowest BCUT2D eigenvalue weighted by Gasteiger charge is -2.21. The van der Waals surface area contributed by atoms with Crippen LogP contribution in [-0.4, -0.2) is 51.2 Å². The van der Waals surface area contributed by atoms with Crippen molar-refractivity contribution in [1.82, 2.24) is 5.32 Å². The Bertz CT molecular complexity index is 766. The van der Waals surface area contributed by atoms with Gasteiger partial charge in [-0.25, -0.2) is 9.59 Å². The zero-order valence-corrected chi connectivity index (χ0v) is 13.2. The molecule has 0 saturated heterocycles. The molecule has 1 aromatic rings. The Balaban J connectivity index is 1.97. The molecule has 0 unspecified atom stereocenters. The van der Waals surface area contributed by atoms with Gasteiger partial charge in [-0.05, 0) is 41.8 Å². The van der Waals surface area contributed by atoms with Crippen molar-refractivity contribution in [3.05, 3.63) is 47.2 Å². The maximum absolute atomic E-state index is 11.1. The van der Waals surface area contributed by atoms with Crippen molar-refractivity contribution in [2.24, 2.45) is 4.99 Å². The van der Waals surface area contributed by atoms with E-state index in [1.54, 1.807) is 12.1 Å². The molecule has 1 atom stereocenters. The highest BCUT2D eigenvalue weighted by Gasteiger charge is 2.26. The summed E-state index contributed by atoms with van der Waals surface area (Å²) in [6.45, 7) is 0.421. The van der Waals surface area contributed by atoms with E-state index in [9.17, 15) is 19.8 Å². The number of nitrogens with one attached hydrogen (secondary N) is 1. The first-order chi connectivity index (χ1) is 11.9. The molecule has 8 nitrogen and oxygen atoms in total. The molecule has 8 heteroatoms. The number of nitrogens with zero attached hydrogens (tertiary/aromatic N) is 1. The summed E-state index contributed by atoms with van der Waals surface area (Å²) in [5.74, 6) is -2.72. The number of carboxylic acid groups (broad SMARTS) is 2. The van der Waals surface area contributed by atoms with Crippen LogP contribution in [0.3, 0.4) is 0 Å². The monoisotopic (exact) mass is 346 g/mol. The van der Waals surface area contributed by atoms with E-state index in [4.69, 9.17) is 10.2 Å². The van der Waals surface area contributed by atoms with Gasteiger partial charge in [0, 0.05) is 19.2 Å². The minimum Gasteiger partial charge on any atom is -0.504 e. The third kappa shape index (κ3) is 5.10.